The van der Waals surface area contributed by atoms with Crippen molar-refractivity contribution in [3.8, 4) is 0 Å². The number of carbonyl (C=O) groups is 1. The number of para-hydroxylation sites is 1. The third kappa shape index (κ3) is 5.36. The van der Waals surface area contributed by atoms with Crippen molar-refractivity contribution in [1.29, 1.82) is 0 Å². The molecule has 0 radical (unpaired) electrons. The van der Waals surface area contributed by atoms with Gasteiger partial charge in [0.05, 0.1) is 0 Å². The van der Waals surface area contributed by atoms with Crippen molar-refractivity contribution < 1.29 is 4.79 Å². The normalized spacial score (nSPS) is 17.5. The number of aryl methyl sites for hydroxylation is 1. The molecule has 1 N–H and O–H groups in total. The molecule has 0 spiro atoms. The number of piperazine rings is 1. The fourth-order valence-corrected chi connectivity index (χ4v) is 5.23. The summed E-state index contributed by atoms with van der Waals surface area (Å²) in [6, 6.07) is 14.3. The SMILES string of the molecule is Cn1c(=O)c(N2CCC(C(=O)NCCCN3CCN(c4ccccc4)CC3)CC2)nc2cccnc21. The van der Waals surface area contributed by atoms with Crippen LogP contribution in [-0.2, 0) is 11.8 Å². The second-order valence-corrected chi connectivity index (χ2v) is 9.72. The number of hydrogen-bond donors (Lipinski definition) is 1. The van der Waals surface area contributed by atoms with Crippen molar-refractivity contribution in [3.63, 3.8) is 0 Å². The number of carbonyl (C=O) groups excluding carboxylic acids is 1. The molecule has 9 nitrogen and oxygen atoms in total. The average Bonchev–Trinajstić information content (AvgIpc) is 2.94. The van der Waals surface area contributed by atoms with Crippen molar-refractivity contribution >= 4 is 28.6 Å². The van der Waals surface area contributed by atoms with Gasteiger partial charge in [-0.1, -0.05) is 18.2 Å². The van der Waals surface area contributed by atoms with E-state index in [1.165, 1.54) is 5.69 Å². The molecule has 2 saturated heterocycles. The summed E-state index contributed by atoms with van der Waals surface area (Å²) < 4.78 is 1.55. The minimum absolute atomic E-state index is 0.0124. The van der Waals surface area contributed by atoms with Crippen LogP contribution in [0, 0.1) is 5.92 Å². The van der Waals surface area contributed by atoms with Crippen LogP contribution in [0.15, 0.2) is 53.5 Å². The number of benzene rings is 1. The molecular formula is C27H35N7O2. The second kappa shape index (κ2) is 11.1. The predicted octanol–water partition coefficient (Wildman–Crippen LogP) is 1.87. The number of fused-ring (bicyclic) bond motifs is 1. The smallest absolute Gasteiger partial charge is 0.294 e. The number of hydrogen-bond acceptors (Lipinski definition) is 7. The Bertz CT molecular complexity index is 1230. The molecule has 36 heavy (non-hydrogen) atoms. The molecule has 4 heterocycles. The van der Waals surface area contributed by atoms with Crippen LogP contribution in [0.2, 0.25) is 0 Å². The highest BCUT2D eigenvalue weighted by molar-refractivity contribution is 5.79. The number of rotatable bonds is 7. The van der Waals surface area contributed by atoms with Crippen LogP contribution in [0.4, 0.5) is 11.5 Å². The molecule has 0 unspecified atom stereocenters. The third-order valence-electron chi connectivity index (χ3n) is 7.42. The van der Waals surface area contributed by atoms with E-state index < -0.39 is 0 Å². The van der Waals surface area contributed by atoms with Crippen molar-refractivity contribution in [2.45, 2.75) is 19.3 Å². The Morgan fingerprint density at radius 1 is 0.972 bits per heavy atom. The molecular weight excluding hydrogens is 454 g/mol. The molecule has 0 bridgehead atoms. The Hall–Kier alpha value is -3.46. The van der Waals surface area contributed by atoms with Crippen molar-refractivity contribution in [2.75, 3.05) is 62.2 Å². The lowest BCUT2D eigenvalue weighted by Crippen LogP contribution is -2.47. The molecule has 190 valence electrons. The average molecular weight is 490 g/mol. The lowest BCUT2D eigenvalue weighted by molar-refractivity contribution is -0.125. The maximum Gasteiger partial charge on any atom is 0.294 e. The molecule has 5 rings (SSSR count). The first-order valence-electron chi connectivity index (χ1n) is 13.0. The monoisotopic (exact) mass is 489 g/mol. The van der Waals surface area contributed by atoms with Crippen LogP contribution >= 0.6 is 0 Å². The Morgan fingerprint density at radius 3 is 2.47 bits per heavy atom. The Morgan fingerprint density at radius 2 is 1.72 bits per heavy atom. The fourth-order valence-electron chi connectivity index (χ4n) is 5.23. The molecule has 1 aromatic carbocycles. The largest absolute Gasteiger partial charge is 0.369 e. The van der Waals surface area contributed by atoms with Gasteiger partial charge in [-0.15, -0.1) is 0 Å². The number of aromatic nitrogens is 3. The Kier molecular flexibility index (Phi) is 7.46. The molecule has 2 aliphatic rings. The highest BCUT2D eigenvalue weighted by Gasteiger charge is 2.27. The maximum absolute atomic E-state index is 12.8. The summed E-state index contributed by atoms with van der Waals surface area (Å²) >= 11 is 0. The molecule has 2 aliphatic heterocycles. The summed E-state index contributed by atoms with van der Waals surface area (Å²) in [6.07, 6.45) is 4.08. The first kappa shape index (κ1) is 24.2. The van der Waals surface area contributed by atoms with Crippen molar-refractivity contribution in [2.24, 2.45) is 13.0 Å². The van der Waals surface area contributed by atoms with E-state index >= 15 is 0 Å². The molecule has 0 aliphatic carbocycles. The van der Waals surface area contributed by atoms with E-state index in [0.717, 1.165) is 52.0 Å². The molecule has 9 heteroatoms. The van der Waals surface area contributed by atoms with Gasteiger partial charge in [-0.25, -0.2) is 9.97 Å². The van der Waals surface area contributed by atoms with Gasteiger partial charge in [0.15, 0.2) is 11.5 Å². The summed E-state index contributed by atoms with van der Waals surface area (Å²) in [5.74, 6) is 0.568. The Balaban J connectivity index is 1.03. The number of pyridine rings is 1. The zero-order chi connectivity index (χ0) is 24.9. The van der Waals surface area contributed by atoms with E-state index in [9.17, 15) is 9.59 Å². The summed E-state index contributed by atoms with van der Waals surface area (Å²) in [5, 5.41) is 3.14. The molecule has 0 atom stereocenters. The summed E-state index contributed by atoms with van der Waals surface area (Å²) in [5.41, 5.74) is 2.44. The lowest BCUT2D eigenvalue weighted by Gasteiger charge is -2.36. The standard InChI is InChI=1S/C27H35N7O2/c1-31-24-23(9-5-12-28-24)30-25(27(31)36)34-15-10-21(11-16-34)26(35)29-13-6-14-32-17-19-33(20-18-32)22-7-3-2-4-8-22/h2-5,7-9,12,21H,6,10-11,13-20H2,1H3,(H,29,35). The van der Waals surface area contributed by atoms with Crippen LogP contribution in [-0.4, -0.2) is 77.7 Å². The van der Waals surface area contributed by atoms with Gasteiger partial charge in [-0.05, 0) is 50.1 Å². The number of nitrogens with zero attached hydrogens (tertiary/aromatic N) is 6. The van der Waals surface area contributed by atoms with Crippen molar-refractivity contribution in [1.82, 2.24) is 24.8 Å². The van der Waals surface area contributed by atoms with E-state index in [-0.39, 0.29) is 17.4 Å². The topological polar surface area (TPSA) is 86.6 Å². The minimum Gasteiger partial charge on any atom is -0.369 e. The second-order valence-electron chi connectivity index (χ2n) is 9.72. The van der Waals surface area contributed by atoms with Crippen molar-refractivity contribution in [3.05, 3.63) is 59.0 Å². The van der Waals surface area contributed by atoms with E-state index in [1.54, 1.807) is 17.8 Å². The molecule has 2 fully saturated rings. The summed E-state index contributed by atoms with van der Waals surface area (Å²) in [4.78, 5) is 41.3. The molecule has 2 aromatic heterocycles. The lowest BCUT2D eigenvalue weighted by atomic mass is 9.96. The number of anilines is 2. The van der Waals surface area contributed by atoms with E-state index in [1.807, 2.05) is 17.0 Å². The van der Waals surface area contributed by atoms with Gasteiger partial charge in [-0.3, -0.25) is 19.1 Å². The first-order chi connectivity index (χ1) is 17.6. The fraction of sp³-hybridized carbons (Fsp3) is 0.481. The maximum atomic E-state index is 12.8. The zero-order valence-corrected chi connectivity index (χ0v) is 21.0. The van der Waals surface area contributed by atoms with Crippen LogP contribution in [0.1, 0.15) is 19.3 Å². The van der Waals surface area contributed by atoms with Gasteiger partial charge >= 0.3 is 0 Å². The summed E-state index contributed by atoms with van der Waals surface area (Å²) in [6.45, 7) is 7.21. The highest BCUT2D eigenvalue weighted by Crippen LogP contribution is 2.21. The van der Waals surface area contributed by atoms with E-state index in [2.05, 4.69) is 55.4 Å². The molecule has 1 amide bonds. The molecule has 0 saturated carbocycles. The summed E-state index contributed by atoms with van der Waals surface area (Å²) in [7, 11) is 1.73. The number of nitrogens with one attached hydrogen (secondary N) is 1. The predicted molar refractivity (Wildman–Crippen MR) is 142 cm³/mol. The van der Waals surface area contributed by atoms with Gasteiger partial charge < -0.3 is 15.1 Å². The zero-order valence-electron chi connectivity index (χ0n) is 21.0. The van der Waals surface area contributed by atoms with E-state index in [0.29, 0.717) is 36.6 Å². The van der Waals surface area contributed by atoms with Crippen LogP contribution in [0.3, 0.4) is 0 Å². The van der Waals surface area contributed by atoms with Gasteiger partial charge in [0.1, 0.15) is 5.52 Å². The number of piperidine rings is 1. The van der Waals surface area contributed by atoms with E-state index in [4.69, 9.17) is 0 Å². The van der Waals surface area contributed by atoms with Crippen LogP contribution in [0.5, 0.6) is 0 Å². The number of amides is 1. The Labute approximate surface area is 211 Å². The van der Waals surface area contributed by atoms with Gasteiger partial charge in [0.2, 0.25) is 5.91 Å². The quantitative estimate of drug-likeness (QED) is 0.507. The van der Waals surface area contributed by atoms with Gasteiger partial charge in [-0.2, -0.15) is 0 Å². The van der Waals surface area contributed by atoms with Crippen LogP contribution in [0.25, 0.3) is 11.2 Å². The van der Waals surface area contributed by atoms with Gasteiger partial charge in [0.25, 0.3) is 5.56 Å². The highest BCUT2D eigenvalue weighted by atomic mass is 16.2. The molecule has 3 aromatic rings. The third-order valence-corrected chi connectivity index (χ3v) is 7.42. The van der Waals surface area contributed by atoms with Crippen LogP contribution < -0.4 is 20.7 Å². The van der Waals surface area contributed by atoms with Gasteiger partial charge in [0, 0.05) is 70.7 Å². The first-order valence-corrected chi connectivity index (χ1v) is 13.0. The minimum atomic E-state index is -0.145.